The summed E-state index contributed by atoms with van der Waals surface area (Å²) in [6, 6.07) is 0. The number of halogens is 1. The summed E-state index contributed by atoms with van der Waals surface area (Å²) in [6.07, 6.45) is 2.34. The van der Waals surface area contributed by atoms with E-state index >= 15 is 0 Å². The summed E-state index contributed by atoms with van der Waals surface area (Å²) in [4.78, 5) is 0.410. The molecule has 0 saturated carbocycles. The summed E-state index contributed by atoms with van der Waals surface area (Å²) in [7, 11) is 1.80. The van der Waals surface area contributed by atoms with Crippen LogP contribution in [0, 0.1) is 5.92 Å². The van der Waals surface area contributed by atoms with Gasteiger partial charge < -0.3 is 5.92 Å². The van der Waals surface area contributed by atoms with E-state index in [0.29, 0.717) is 11.3 Å². The summed E-state index contributed by atoms with van der Waals surface area (Å²) in [6.45, 7) is 3.80. The van der Waals surface area contributed by atoms with Crippen molar-refractivity contribution in [2.75, 3.05) is 0 Å². The fourth-order valence-electron chi connectivity index (χ4n) is 1.35. The van der Waals surface area contributed by atoms with Gasteiger partial charge in [0.2, 0.25) is 0 Å². The van der Waals surface area contributed by atoms with Crippen LogP contribution in [0.1, 0.15) is 33.1 Å². The fraction of sp³-hybridized carbons (Fsp3) is 0.625. The average Bonchev–Trinajstić information content (AvgIpc) is 1.92. The molecule has 0 aromatic rings. The molecule has 0 unspecified atom stereocenters. The van der Waals surface area contributed by atoms with Crippen molar-refractivity contribution in [1.82, 2.24) is 0 Å². The largest absolute Gasteiger partial charge is 0.311 e. The predicted octanol–water partition coefficient (Wildman–Crippen LogP) is 2.60. The normalized spacial score (nSPS) is 19.9. The molecule has 0 heterocycles. The molecule has 13 heavy (non-hydrogen) atoms. The van der Waals surface area contributed by atoms with Gasteiger partial charge >= 0.3 is 0 Å². The molecule has 0 aromatic carbocycles. The molecule has 0 aliphatic heterocycles. The van der Waals surface area contributed by atoms with Crippen LogP contribution in [0.3, 0.4) is 0 Å². The van der Waals surface area contributed by atoms with Crippen molar-refractivity contribution in [3.8, 4) is 0 Å². The summed E-state index contributed by atoms with van der Waals surface area (Å²) in [5.41, 5.74) is 0.913. The first-order chi connectivity index (χ1) is 5.41. The van der Waals surface area contributed by atoms with Gasteiger partial charge in [-0.1, -0.05) is 12.0 Å². The van der Waals surface area contributed by atoms with Crippen molar-refractivity contribution in [2.45, 2.75) is 33.1 Å². The minimum atomic E-state index is -3.48. The molecule has 0 aromatic heterocycles. The molecule has 2 nitrogen and oxygen atoms in total. The Bertz CT molecular complexity index is 308. The van der Waals surface area contributed by atoms with E-state index in [2.05, 4.69) is 0 Å². The number of allylic oxidation sites excluding steroid dienone is 2. The zero-order valence-corrected chi connectivity index (χ0v) is 12.2. The summed E-state index contributed by atoms with van der Waals surface area (Å²) >= 11 is 0. The van der Waals surface area contributed by atoms with Gasteiger partial charge in [0.25, 0.3) is 9.05 Å². The van der Waals surface area contributed by atoms with Crippen molar-refractivity contribution in [1.29, 1.82) is 0 Å². The third kappa shape index (κ3) is 3.98. The predicted molar refractivity (Wildman–Crippen MR) is 50.2 cm³/mol. The van der Waals surface area contributed by atoms with Gasteiger partial charge in [-0.05, 0) is 6.92 Å². The Morgan fingerprint density at radius 3 is 2.38 bits per heavy atom. The molecule has 1 aliphatic carbocycles. The second-order valence-electron chi connectivity index (χ2n) is 3.28. The van der Waals surface area contributed by atoms with Crippen LogP contribution in [0.5, 0.6) is 0 Å². The third-order valence-electron chi connectivity index (χ3n) is 2.16. The van der Waals surface area contributed by atoms with E-state index in [1.54, 1.807) is 0 Å². The standard InChI is InChI=1S/C8H12ClO2S.Y/c1-6-3-4-7(2)8(5-6)12(9,10)11;/h3-5H2,1-2H3;/q-1;. The second-order valence-corrected chi connectivity index (χ2v) is 5.86. The van der Waals surface area contributed by atoms with Gasteiger partial charge in [-0.15, -0.1) is 6.42 Å². The van der Waals surface area contributed by atoms with Crippen molar-refractivity contribution < 1.29 is 41.1 Å². The van der Waals surface area contributed by atoms with E-state index in [4.69, 9.17) is 10.7 Å². The van der Waals surface area contributed by atoms with E-state index in [0.717, 1.165) is 18.4 Å². The zero-order valence-electron chi connectivity index (χ0n) is 7.80. The molecule has 0 amide bonds. The van der Waals surface area contributed by atoms with E-state index in [1.165, 1.54) is 5.92 Å². The SMILES string of the molecule is CC1=C(S(=O)(=O)Cl)C[C-](C)CC1.[Y]. The maximum Gasteiger partial charge on any atom is 0.254 e. The van der Waals surface area contributed by atoms with Crippen molar-refractivity contribution in [3.63, 3.8) is 0 Å². The van der Waals surface area contributed by atoms with Crippen molar-refractivity contribution in [3.05, 3.63) is 16.4 Å². The number of rotatable bonds is 1. The zero-order chi connectivity index (χ0) is 9.35. The van der Waals surface area contributed by atoms with Gasteiger partial charge in [0.1, 0.15) is 0 Å². The van der Waals surface area contributed by atoms with Crippen LogP contribution < -0.4 is 0 Å². The molecule has 73 valence electrons. The summed E-state index contributed by atoms with van der Waals surface area (Å²) in [5.74, 6) is 1.19. The molecule has 1 radical (unpaired) electrons. The summed E-state index contributed by atoms with van der Waals surface area (Å²) < 4.78 is 22.1. The minimum absolute atomic E-state index is 0. The molecule has 1 rings (SSSR count). The van der Waals surface area contributed by atoms with Crippen molar-refractivity contribution in [2.24, 2.45) is 0 Å². The molecule has 0 N–H and O–H groups in total. The van der Waals surface area contributed by atoms with Gasteiger partial charge in [-0.2, -0.15) is 13.3 Å². The van der Waals surface area contributed by atoms with Crippen LogP contribution in [-0.2, 0) is 41.8 Å². The smallest absolute Gasteiger partial charge is 0.254 e. The third-order valence-corrected chi connectivity index (χ3v) is 3.80. The van der Waals surface area contributed by atoms with E-state index < -0.39 is 9.05 Å². The average molecular weight is 297 g/mol. The molecule has 0 fully saturated rings. The first-order valence-corrected chi connectivity index (χ1v) is 6.17. The molecule has 0 spiro atoms. The fourth-order valence-corrected chi connectivity index (χ4v) is 2.84. The number of hydrogen-bond donors (Lipinski definition) is 0. The Labute approximate surface area is 109 Å². The minimum Gasteiger partial charge on any atom is -0.311 e. The monoisotopic (exact) mass is 296 g/mol. The molecular formula is C8H12ClO2SY-. The number of hydrogen-bond acceptors (Lipinski definition) is 2. The van der Waals surface area contributed by atoms with Crippen LogP contribution in [0.4, 0.5) is 0 Å². The Kier molecular flexibility index (Phi) is 5.68. The van der Waals surface area contributed by atoms with E-state index in [1.807, 2.05) is 13.8 Å². The molecule has 5 heteroatoms. The molecule has 0 bridgehead atoms. The Balaban J connectivity index is 0.00000144. The first-order valence-electron chi connectivity index (χ1n) is 3.86. The molecule has 0 saturated heterocycles. The van der Waals surface area contributed by atoms with Gasteiger partial charge in [0.15, 0.2) is 0 Å². The Morgan fingerprint density at radius 2 is 2.00 bits per heavy atom. The first kappa shape index (κ1) is 14.1. The second kappa shape index (κ2) is 5.25. The van der Waals surface area contributed by atoms with Gasteiger partial charge in [0, 0.05) is 48.3 Å². The van der Waals surface area contributed by atoms with Crippen LogP contribution in [0.2, 0.25) is 0 Å². The summed E-state index contributed by atoms with van der Waals surface area (Å²) in [5, 5.41) is 0. The Morgan fingerprint density at radius 1 is 1.46 bits per heavy atom. The maximum absolute atomic E-state index is 11.0. The van der Waals surface area contributed by atoms with Gasteiger partial charge in [0.05, 0.1) is 0 Å². The van der Waals surface area contributed by atoms with Crippen molar-refractivity contribution >= 4 is 19.7 Å². The van der Waals surface area contributed by atoms with E-state index in [9.17, 15) is 8.42 Å². The molecule has 0 atom stereocenters. The van der Waals surface area contributed by atoms with Gasteiger partial charge in [-0.3, -0.25) is 0 Å². The topological polar surface area (TPSA) is 34.1 Å². The van der Waals surface area contributed by atoms with E-state index in [-0.39, 0.29) is 32.7 Å². The molecule has 1 aliphatic rings. The van der Waals surface area contributed by atoms with Crippen LogP contribution in [0.25, 0.3) is 0 Å². The molecular weight excluding hydrogens is 285 g/mol. The van der Waals surface area contributed by atoms with Crippen LogP contribution in [-0.4, -0.2) is 8.42 Å². The van der Waals surface area contributed by atoms with Crippen LogP contribution >= 0.6 is 10.7 Å². The Hall–Kier alpha value is 1.08. The maximum atomic E-state index is 11.0. The van der Waals surface area contributed by atoms with Crippen LogP contribution in [0.15, 0.2) is 10.5 Å². The van der Waals surface area contributed by atoms with Gasteiger partial charge in [-0.25, -0.2) is 8.42 Å². The quantitative estimate of drug-likeness (QED) is 0.550.